The largest absolute Gasteiger partial charge is 0.502 e. The lowest BCUT2D eigenvalue weighted by Gasteiger charge is -2.32. The van der Waals surface area contributed by atoms with Crippen LogP contribution in [0.5, 0.6) is 11.5 Å². The molecule has 1 saturated heterocycles. The summed E-state index contributed by atoms with van der Waals surface area (Å²) in [5, 5.41) is 11.3. The fourth-order valence-electron chi connectivity index (χ4n) is 4.30. The topological polar surface area (TPSA) is 142 Å². The first-order valence-electron chi connectivity index (χ1n) is 11.4. The standard InChI is InChI=1S/C25H27N3O8/c1-34-16-3-4-20-15(9-16)10-19(25(33)26-20)18(12-22(31)35-2)24-23(32)21(30)11-17(36-24)13-27-5-7-28(14-29)8-6-27/h3-4,9-11,14,18,32H,5-8,12-13H2,1-2H3,(H,26,33)/t18-/m0/s1. The highest BCUT2D eigenvalue weighted by Crippen LogP contribution is 2.33. The van der Waals surface area contributed by atoms with Crippen molar-refractivity contribution in [3.05, 3.63) is 68.0 Å². The number of nitrogens with one attached hydrogen (secondary N) is 1. The molecule has 2 aromatic heterocycles. The number of pyridine rings is 1. The third kappa shape index (κ3) is 5.25. The van der Waals surface area contributed by atoms with Crippen LogP contribution < -0.4 is 15.7 Å². The van der Waals surface area contributed by atoms with Gasteiger partial charge >= 0.3 is 5.97 Å². The first kappa shape index (κ1) is 25.0. The summed E-state index contributed by atoms with van der Waals surface area (Å²) in [6, 6.07) is 7.88. The number of benzene rings is 1. The molecular formula is C25H27N3O8. The number of H-pyrrole nitrogens is 1. The lowest BCUT2D eigenvalue weighted by atomic mass is 9.92. The van der Waals surface area contributed by atoms with Gasteiger partial charge in [0.1, 0.15) is 11.5 Å². The SMILES string of the molecule is COC(=O)C[C@H](c1oc(CN2CCN(C=O)CC2)cc(=O)c1O)c1cc2cc(OC)ccc2[nH]c1=O. The van der Waals surface area contributed by atoms with Crippen LogP contribution >= 0.6 is 0 Å². The number of aromatic nitrogens is 1. The zero-order valence-corrected chi connectivity index (χ0v) is 20.0. The summed E-state index contributed by atoms with van der Waals surface area (Å²) in [5.74, 6) is -1.78. The first-order valence-corrected chi connectivity index (χ1v) is 11.4. The Balaban J connectivity index is 1.77. The number of fused-ring (bicyclic) bond motifs is 1. The van der Waals surface area contributed by atoms with Crippen molar-refractivity contribution in [2.75, 3.05) is 40.4 Å². The number of methoxy groups -OCH3 is 2. The normalized spacial score (nSPS) is 15.0. The molecule has 0 unspecified atom stereocenters. The fourth-order valence-corrected chi connectivity index (χ4v) is 4.30. The number of esters is 1. The maximum absolute atomic E-state index is 13.0. The minimum absolute atomic E-state index is 0.122. The highest BCUT2D eigenvalue weighted by atomic mass is 16.5. The molecule has 3 heterocycles. The number of ether oxygens (including phenoxy) is 2. The van der Waals surface area contributed by atoms with Gasteiger partial charge in [-0.3, -0.25) is 24.1 Å². The Hall–Kier alpha value is -4.12. The molecule has 2 N–H and O–H groups in total. The van der Waals surface area contributed by atoms with Crippen molar-refractivity contribution < 1.29 is 28.6 Å². The zero-order valence-electron chi connectivity index (χ0n) is 20.0. The summed E-state index contributed by atoms with van der Waals surface area (Å²) in [5.41, 5.74) is -0.517. The number of piperazine rings is 1. The summed E-state index contributed by atoms with van der Waals surface area (Å²) in [4.78, 5) is 55.4. The molecule has 1 atom stereocenters. The van der Waals surface area contributed by atoms with E-state index >= 15 is 0 Å². The van der Waals surface area contributed by atoms with Crippen LogP contribution in [0.2, 0.25) is 0 Å². The molecule has 11 heteroatoms. The van der Waals surface area contributed by atoms with E-state index in [1.807, 2.05) is 4.90 Å². The zero-order chi connectivity index (χ0) is 25.8. The van der Waals surface area contributed by atoms with E-state index in [2.05, 4.69) is 4.98 Å². The number of carbonyl (C=O) groups excluding carboxylic acids is 2. The molecule has 36 heavy (non-hydrogen) atoms. The number of hydrogen-bond donors (Lipinski definition) is 2. The average molecular weight is 498 g/mol. The van der Waals surface area contributed by atoms with Crippen molar-refractivity contribution in [2.45, 2.75) is 18.9 Å². The van der Waals surface area contributed by atoms with Gasteiger partial charge < -0.3 is 28.9 Å². The van der Waals surface area contributed by atoms with Crippen LogP contribution in [0.1, 0.15) is 29.4 Å². The Morgan fingerprint density at radius 1 is 1.17 bits per heavy atom. The van der Waals surface area contributed by atoms with Gasteiger partial charge in [0, 0.05) is 48.7 Å². The van der Waals surface area contributed by atoms with E-state index in [0.717, 1.165) is 6.41 Å². The van der Waals surface area contributed by atoms with Gasteiger partial charge in [0.25, 0.3) is 5.56 Å². The average Bonchev–Trinajstić information content (AvgIpc) is 2.89. The smallest absolute Gasteiger partial charge is 0.306 e. The van der Waals surface area contributed by atoms with Crippen molar-refractivity contribution >= 4 is 23.3 Å². The number of aromatic hydroxyl groups is 1. The minimum atomic E-state index is -1.09. The summed E-state index contributed by atoms with van der Waals surface area (Å²) in [6.45, 7) is 2.50. The molecule has 0 bridgehead atoms. The number of nitrogens with zero attached hydrogens (tertiary/aromatic N) is 2. The quantitative estimate of drug-likeness (QED) is 0.346. The molecular weight excluding hydrogens is 470 g/mol. The molecule has 1 aliphatic rings. The van der Waals surface area contributed by atoms with Gasteiger partial charge in [0.05, 0.1) is 33.1 Å². The van der Waals surface area contributed by atoms with Crippen LogP contribution in [0.15, 0.2) is 44.3 Å². The molecule has 0 spiro atoms. The third-order valence-corrected chi connectivity index (χ3v) is 6.31. The Morgan fingerprint density at radius 2 is 1.92 bits per heavy atom. The van der Waals surface area contributed by atoms with E-state index in [1.165, 1.54) is 20.3 Å². The van der Waals surface area contributed by atoms with Crippen molar-refractivity contribution in [3.8, 4) is 11.5 Å². The van der Waals surface area contributed by atoms with Crippen LogP contribution in [0.3, 0.4) is 0 Å². The Bertz CT molecular complexity index is 1390. The van der Waals surface area contributed by atoms with Gasteiger partial charge in [-0.05, 0) is 24.3 Å². The van der Waals surface area contributed by atoms with E-state index in [-0.39, 0.29) is 30.0 Å². The van der Waals surface area contributed by atoms with E-state index in [0.29, 0.717) is 42.8 Å². The lowest BCUT2D eigenvalue weighted by molar-refractivity contribution is -0.141. The van der Waals surface area contributed by atoms with Gasteiger partial charge in [0.15, 0.2) is 5.76 Å². The van der Waals surface area contributed by atoms with Gasteiger partial charge in [-0.25, -0.2) is 0 Å². The Kier molecular flexibility index (Phi) is 7.39. The number of hydrogen-bond acceptors (Lipinski definition) is 9. The van der Waals surface area contributed by atoms with Crippen molar-refractivity contribution in [1.29, 1.82) is 0 Å². The Morgan fingerprint density at radius 3 is 2.58 bits per heavy atom. The highest BCUT2D eigenvalue weighted by molar-refractivity contribution is 5.81. The minimum Gasteiger partial charge on any atom is -0.502 e. The lowest BCUT2D eigenvalue weighted by Crippen LogP contribution is -2.45. The van der Waals surface area contributed by atoms with Crippen LogP contribution in [0.25, 0.3) is 10.9 Å². The summed E-state index contributed by atoms with van der Waals surface area (Å²) < 4.78 is 16.0. The van der Waals surface area contributed by atoms with E-state index in [4.69, 9.17) is 13.9 Å². The van der Waals surface area contributed by atoms with E-state index in [9.17, 15) is 24.3 Å². The van der Waals surface area contributed by atoms with E-state index in [1.54, 1.807) is 29.2 Å². The molecule has 11 nitrogen and oxygen atoms in total. The number of amides is 1. The maximum atomic E-state index is 13.0. The molecule has 0 saturated carbocycles. The van der Waals surface area contributed by atoms with Crippen LogP contribution in [0, 0.1) is 0 Å². The van der Waals surface area contributed by atoms with Gasteiger partial charge in [-0.15, -0.1) is 0 Å². The maximum Gasteiger partial charge on any atom is 0.306 e. The highest BCUT2D eigenvalue weighted by Gasteiger charge is 2.29. The predicted octanol–water partition coefficient (Wildman–Crippen LogP) is 1.16. The molecule has 3 aromatic rings. The number of rotatable bonds is 8. The fraction of sp³-hybridized carbons (Fsp3) is 0.360. The second-order valence-electron chi connectivity index (χ2n) is 8.55. The van der Waals surface area contributed by atoms with Crippen molar-refractivity contribution in [1.82, 2.24) is 14.8 Å². The molecule has 0 aliphatic carbocycles. The number of carbonyl (C=O) groups is 2. The Labute approximate surface area is 205 Å². The second kappa shape index (κ2) is 10.6. The molecule has 1 aliphatic heterocycles. The summed E-state index contributed by atoms with van der Waals surface area (Å²) >= 11 is 0. The molecule has 190 valence electrons. The first-order chi connectivity index (χ1) is 17.3. The van der Waals surface area contributed by atoms with Gasteiger partial charge in [-0.2, -0.15) is 0 Å². The van der Waals surface area contributed by atoms with Crippen LogP contribution in [-0.4, -0.2) is 72.7 Å². The molecule has 4 rings (SSSR count). The van der Waals surface area contributed by atoms with Gasteiger partial charge in [0.2, 0.25) is 17.6 Å². The van der Waals surface area contributed by atoms with Crippen LogP contribution in [0.4, 0.5) is 0 Å². The third-order valence-electron chi connectivity index (χ3n) is 6.31. The summed E-state index contributed by atoms with van der Waals surface area (Å²) in [7, 11) is 2.73. The van der Waals surface area contributed by atoms with E-state index < -0.39 is 28.6 Å². The predicted molar refractivity (Wildman–Crippen MR) is 129 cm³/mol. The molecule has 1 amide bonds. The van der Waals surface area contributed by atoms with Crippen molar-refractivity contribution in [3.63, 3.8) is 0 Å². The van der Waals surface area contributed by atoms with Gasteiger partial charge in [-0.1, -0.05) is 0 Å². The monoisotopic (exact) mass is 497 g/mol. The molecule has 0 radical (unpaired) electrons. The van der Waals surface area contributed by atoms with Crippen LogP contribution in [-0.2, 0) is 20.9 Å². The summed E-state index contributed by atoms with van der Waals surface area (Å²) in [6.07, 6.45) is 0.456. The molecule has 1 aromatic carbocycles. The second-order valence-corrected chi connectivity index (χ2v) is 8.55. The number of aromatic amines is 1. The van der Waals surface area contributed by atoms with Crippen molar-refractivity contribution in [2.24, 2.45) is 0 Å². The molecule has 1 fully saturated rings.